The maximum atomic E-state index is 14.0. The number of hydrogen-bond acceptors (Lipinski definition) is 8. The molecule has 1 aromatic heterocycles. The zero-order chi connectivity index (χ0) is 29.3. The van der Waals surface area contributed by atoms with Crippen LogP contribution in [0.15, 0.2) is 63.8 Å². The van der Waals surface area contributed by atoms with E-state index < -0.39 is 17.9 Å². The summed E-state index contributed by atoms with van der Waals surface area (Å²) in [5.41, 5.74) is 2.47. The van der Waals surface area contributed by atoms with Gasteiger partial charge in [-0.3, -0.25) is 14.5 Å². The van der Waals surface area contributed by atoms with Gasteiger partial charge in [-0.05, 0) is 67.4 Å². The van der Waals surface area contributed by atoms with Crippen LogP contribution in [0.25, 0.3) is 11.0 Å². The van der Waals surface area contributed by atoms with Gasteiger partial charge in [0.15, 0.2) is 16.9 Å². The van der Waals surface area contributed by atoms with E-state index in [9.17, 15) is 14.4 Å². The van der Waals surface area contributed by atoms with Crippen LogP contribution in [0.5, 0.6) is 17.2 Å². The average Bonchev–Trinajstić information content (AvgIpc) is 3.28. The van der Waals surface area contributed by atoms with E-state index in [4.69, 9.17) is 23.4 Å². The predicted molar refractivity (Wildman–Crippen MR) is 154 cm³/mol. The monoisotopic (exact) mass is 557 g/mol. The van der Waals surface area contributed by atoms with Crippen molar-refractivity contribution in [3.63, 3.8) is 0 Å². The minimum Gasteiger partial charge on any atom is -0.493 e. The number of unbranched alkanes of at least 4 members (excludes halogenated alkanes) is 1. The molecule has 41 heavy (non-hydrogen) atoms. The Bertz CT molecular complexity index is 1660. The van der Waals surface area contributed by atoms with Gasteiger partial charge in [-0.2, -0.15) is 0 Å². The second-order valence-corrected chi connectivity index (χ2v) is 9.75. The lowest BCUT2D eigenvalue weighted by molar-refractivity contribution is 0.0499. The summed E-state index contributed by atoms with van der Waals surface area (Å²) in [7, 11) is 4.49. The molecule has 4 aromatic rings. The number of hydrogen-bond donors (Lipinski definition) is 0. The third-order valence-electron chi connectivity index (χ3n) is 7.14. The van der Waals surface area contributed by atoms with Gasteiger partial charge in [-0.25, -0.2) is 4.79 Å². The average molecular weight is 558 g/mol. The molecule has 0 spiro atoms. The van der Waals surface area contributed by atoms with Gasteiger partial charge in [0.05, 0.1) is 50.5 Å². The number of ether oxygens (including phenoxy) is 4. The van der Waals surface area contributed by atoms with Gasteiger partial charge in [0.25, 0.3) is 5.91 Å². The van der Waals surface area contributed by atoms with Gasteiger partial charge >= 0.3 is 5.97 Å². The van der Waals surface area contributed by atoms with Crippen molar-refractivity contribution in [3.05, 3.63) is 92.8 Å². The molecule has 0 fully saturated rings. The topological polar surface area (TPSA) is 105 Å². The molecule has 9 nitrogen and oxygen atoms in total. The van der Waals surface area contributed by atoms with Gasteiger partial charge in [0.2, 0.25) is 11.5 Å². The SMILES string of the molecule is CCCCOC(=O)c1ccc(N2C(=O)c3oc4ccc(C)cc4c(=O)c3C2c2cc(OC)c(OC)c(OC)c2)cc1. The van der Waals surface area contributed by atoms with E-state index in [2.05, 4.69) is 0 Å². The van der Waals surface area contributed by atoms with Crippen LogP contribution in [0, 0.1) is 6.92 Å². The number of aryl methyl sites for hydroxylation is 1. The molecular formula is C32H31NO8. The lowest BCUT2D eigenvalue weighted by Crippen LogP contribution is -2.29. The maximum Gasteiger partial charge on any atom is 0.338 e. The number of nitrogens with zero attached hydrogens (tertiary/aromatic N) is 1. The molecule has 0 saturated carbocycles. The highest BCUT2D eigenvalue weighted by atomic mass is 16.5. The maximum absolute atomic E-state index is 14.0. The zero-order valence-electron chi connectivity index (χ0n) is 23.6. The molecular weight excluding hydrogens is 526 g/mol. The third-order valence-corrected chi connectivity index (χ3v) is 7.14. The smallest absolute Gasteiger partial charge is 0.338 e. The molecule has 2 heterocycles. The number of rotatable bonds is 9. The van der Waals surface area contributed by atoms with E-state index >= 15 is 0 Å². The van der Waals surface area contributed by atoms with Crippen molar-refractivity contribution in [1.82, 2.24) is 0 Å². The first-order valence-corrected chi connectivity index (χ1v) is 13.3. The first-order valence-electron chi connectivity index (χ1n) is 13.3. The highest BCUT2D eigenvalue weighted by Gasteiger charge is 2.44. The Morgan fingerprint density at radius 2 is 1.61 bits per heavy atom. The van der Waals surface area contributed by atoms with Crippen molar-refractivity contribution in [2.45, 2.75) is 32.7 Å². The summed E-state index contributed by atoms with van der Waals surface area (Å²) >= 11 is 0. The van der Waals surface area contributed by atoms with E-state index in [1.54, 1.807) is 48.5 Å². The molecule has 1 aliphatic rings. The molecule has 1 unspecified atom stereocenters. The van der Waals surface area contributed by atoms with Crippen LogP contribution >= 0.6 is 0 Å². The van der Waals surface area contributed by atoms with Crippen LogP contribution in [0.4, 0.5) is 5.69 Å². The molecule has 212 valence electrons. The molecule has 0 radical (unpaired) electrons. The van der Waals surface area contributed by atoms with Gasteiger partial charge in [-0.15, -0.1) is 0 Å². The van der Waals surface area contributed by atoms with E-state index in [1.807, 2.05) is 19.9 Å². The summed E-state index contributed by atoms with van der Waals surface area (Å²) in [4.78, 5) is 41.9. The summed E-state index contributed by atoms with van der Waals surface area (Å²) in [5.74, 6) is 0.134. The van der Waals surface area contributed by atoms with Crippen molar-refractivity contribution in [3.8, 4) is 17.2 Å². The molecule has 1 aliphatic heterocycles. The lowest BCUT2D eigenvalue weighted by Gasteiger charge is -2.26. The zero-order valence-corrected chi connectivity index (χ0v) is 23.6. The molecule has 0 saturated heterocycles. The molecule has 0 N–H and O–H groups in total. The Kier molecular flexibility index (Phi) is 7.70. The Hall–Kier alpha value is -4.79. The predicted octanol–water partition coefficient (Wildman–Crippen LogP) is 5.83. The number of methoxy groups -OCH3 is 3. The Balaban J connectivity index is 1.69. The van der Waals surface area contributed by atoms with Crippen molar-refractivity contribution in [2.24, 2.45) is 0 Å². The highest BCUT2D eigenvalue weighted by molar-refractivity contribution is 6.11. The number of anilines is 1. The lowest BCUT2D eigenvalue weighted by atomic mass is 9.97. The Labute approximate surface area is 237 Å². The molecule has 0 aliphatic carbocycles. The van der Waals surface area contributed by atoms with Gasteiger partial charge < -0.3 is 23.4 Å². The van der Waals surface area contributed by atoms with Crippen LogP contribution < -0.4 is 24.5 Å². The second kappa shape index (κ2) is 11.4. The standard InChI is InChI=1S/C32H31NO8/c1-6-7-14-40-32(36)19-9-11-21(12-10-19)33-27(20-16-24(37-3)29(39-5)25(17-20)38-4)26-28(34)22-15-18(2)8-13-23(22)41-30(26)31(33)35/h8-13,15-17,27H,6-7,14H2,1-5H3. The van der Waals surface area contributed by atoms with E-state index in [0.717, 1.165) is 18.4 Å². The van der Waals surface area contributed by atoms with Crippen molar-refractivity contribution in [1.29, 1.82) is 0 Å². The van der Waals surface area contributed by atoms with Crippen LogP contribution in [-0.4, -0.2) is 39.8 Å². The van der Waals surface area contributed by atoms with Crippen molar-refractivity contribution in [2.75, 3.05) is 32.8 Å². The van der Waals surface area contributed by atoms with Gasteiger partial charge in [-0.1, -0.05) is 25.0 Å². The molecule has 9 heteroatoms. The van der Waals surface area contributed by atoms with Crippen LogP contribution in [-0.2, 0) is 4.74 Å². The number of benzene rings is 3. The van der Waals surface area contributed by atoms with Crippen LogP contribution in [0.1, 0.15) is 63.4 Å². The number of carbonyl (C=O) groups excluding carboxylic acids is 2. The summed E-state index contributed by atoms with van der Waals surface area (Å²) in [6.07, 6.45) is 1.68. The minimum atomic E-state index is -0.880. The minimum absolute atomic E-state index is 0.0480. The fraction of sp³-hybridized carbons (Fsp3) is 0.281. The molecule has 3 aromatic carbocycles. The molecule has 1 atom stereocenters. The second-order valence-electron chi connectivity index (χ2n) is 9.75. The van der Waals surface area contributed by atoms with Crippen LogP contribution in [0.2, 0.25) is 0 Å². The van der Waals surface area contributed by atoms with Gasteiger partial charge in [0, 0.05) is 5.69 Å². The van der Waals surface area contributed by atoms with E-state index in [-0.39, 0.29) is 16.8 Å². The summed E-state index contributed by atoms with van der Waals surface area (Å²) in [5, 5.41) is 0.376. The first kappa shape index (κ1) is 27.8. The normalized spacial score (nSPS) is 14.2. The van der Waals surface area contributed by atoms with Crippen LogP contribution in [0.3, 0.4) is 0 Å². The number of amides is 1. The Morgan fingerprint density at radius 1 is 0.927 bits per heavy atom. The Morgan fingerprint density at radius 3 is 2.22 bits per heavy atom. The fourth-order valence-corrected chi connectivity index (χ4v) is 5.08. The third kappa shape index (κ3) is 4.88. The van der Waals surface area contributed by atoms with Gasteiger partial charge in [0.1, 0.15) is 5.58 Å². The number of esters is 1. The first-order chi connectivity index (χ1) is 19.8. The number of fused-ring (bicyclic) bond motifs is 2. The molecule has 5 rings (SSSR count). The molecule has 1 amide bonds. The molecule has 0 bridgehead atoms. The quantitative estimate of drug-likeness (QED) is 0.187. The number of carbonyl (C=O) groups is 2. The largest absolute Gasteiger partial charge is 0.493 e. The highest BCUT2D eigenvalue weighted by Crippen LogP contribution is 2.46. The van der Waals surface area contributed by atoms with E-state index in [0.29, 0.717) is 51.6 Å². The summed E-state index contributed by atoms with van der Waals surface area (Å²) in [6.45, 7) is 4.23. The van der Waals surface area contributed by atoms with E-state index in [1.165, 1.54) is 26.2 Å². The van der Waals surface area contributed by atoms with Crippen molar-refractivity contribution < 1.29 is 33.0 Å². The fourth-order valence-electron chi connectivity index (χ4n) is 5.08. The summed E-state index contributed by atoms with van der Waals surface area (Å²) in [6, 6.07) is 14.3. The summed E-state index contributed by atoms with van der Waals surface area (Å²) < 4.78 is 28.0. The van der Waals surface area contributed by atoms with Crippen molar-refractivity contribution >= 4 is 28.5 Å².